The van der Waals surface area contributed by atoms with Gasteiger partial charge < -0.3 is 15.0 Å². The fraction of sp³-hybridized carbons (Fsp3) is 0.200. The number of aryl methyl sites for hydroxylation is 1. The molecule has 4 rings (SSSR count). The number of para-hydroxylation sites is 3. The highest BCUT2D eigenvalue weighted by Gasteiger charge is 2.13. The Bertz CT molecular complexity index is 1220. The smallest absolute Gasteiger partial charge is 0.270 e. The SMILES string of the molecule is CCOc1cccc2sc(NC(=O)CCc3nc4ccccc4[nH]c3=O)nc12. The predicted molar refractivity (Wildman–Crippen MR) is 110 cm³/mol. The van der Waals surface area contributed by atoms with Gasteiger partial charge in [0.2, 0.25) is 5.91 Å². The third-order valence-corrected chi connectivity index (χ3v) is 5.12. The second-order valence-electron chi connectivity index (χ2n) is 6.13. The lowest BCUT2D eigenvalue weighted by molar-refractivity contribution is -0.116. The normalized spacial score (nSPS) is 11.0. The van der Waals surface area contributed by atoms with Gasteiger partial charge in [0.1, 0.15) is 17.0 Å². The third kappa shape index (κ3) is 3.72. The molecule has 0 aliphatic rings. The van der Waals surface area contributed by atoms with Gasteiger partial charge in [-0.25, -0.2) is 9.97 Å². The van der Waals surface area contributed by atoms with Crippen molar-refractivity contribution < 1.29 is 9.53 Å². The standard InChI is InChI=1S/C20H18N4O3S/c1-2-27-15-8-5-9-16-18(15)24-20(28-16)23-17(25)11-10-14-19(26)22-13-7-4-3-6-12(13)21-14/h3-9H,2,10-11H2,1H3,(H,22,26)(H,23,24,25). The first-order valence-corrected chi connectivity index (χ1v) is 9.76. The van der Waals surface area contributed by atoms with E-state index < -0.39 is 0 Å². The van der Waals surface area contributed by atoms with Crippen LogP contribution < -0.4 is 15.6 Å². The summed E-state index contributed by atoms with van der Waals surface area (Å²) in [6.45, 7) is 2.46. The Morgan fingerprint density at radius 2 is 2.04 bits per heavy atom. The van der Waals surface area contributed by atoms with Crippen LogP contribution >= 0.6 is 11.3 Å². The number of amides is 1. The van der Waals surface area contributed by atoms with E-state index in [1.54, 1.807) is 6.07 Å². The third-order valence-electron chi connectivity index (χ3n) is 4.19. The molecule has 0 unspecified atom stereocenters. The van der Waals surface area contributed by atoms with Crippen molar-refractivity contribution in [2.75, 3.05) is 11.9 Å². The number of nitrogens with one attached hydrogen (secondary N) is 2. The maximum Gasteiger partial charge on any atom is 0.270 e. The van der Waals surface area contributed by atoms with Gasteiger partial charge in [-0.2, -0.15) is 0 Å². The summed E-state index contributed by atoms with van der Waals surface area (Å²) in [5.41, 5.74) is 2.19. The topological polar surface area (TPSA) is 97.0 Å². The highest BCUT2D eigenvalue weighted by molar-refractivity contribution is 7.22. The van der Waals surface area contributed by atoms with Gasteiger partial charge in [0.25, 0.3) is 5.56 Å². The number of carbonyl (C=O) groups is 1. The van der Waals surface area contributed by atoms with Crippen molar-refractivity contribution in [2.45, 2.75) is 19.8 Å². The molecule has 7 nitrogen and oxygen atoms in total. The quantitative estimate of drug-likeness (QED) is 0.522. The average Bonchev–Trinajstić information content (AvgIpc) is 3.10. The van der Waals surface area contributed by atoms with Crippen molar-refractivity contribution >= 4 is 43.6 Å². The number of anilines is 1. The summed E-state index contributed by atoms with van der Waals surface area (Å²) in [6.07, 6.45) is 0.393. The molecule has 142 valence electrons. The monoisotopic (exact) mass is 394 g/mol. The van der Waals surface area contributed by atoms with Crippen molar-refractivity contribution in [3.8, 4) is 5.75 Å². The van der Waals surface area contributed by atoms with Crippen molar-refractivity contribution in [1.29, 1.82) is 0 Å². The van der Waals surface area contributed by atoms with E-state index in [2.05, 4.69) is 20.3 Å². The molecular formula is C20H18N4O3S. The van der Waals surface area contributed by atoms with Crippen molar-refractivity contribution in [1.82, 2.24) is 15.0 Å². The minimum absolute atomic E-state index is 0.142. The number of hydrogen-bond acceptors (Lipinski definition) is 6. The van der Waals surface area contributed by atoms with Crippen LogP contribution in [0.15, 0.2) is 47.3 Å². The molecule has 0 aliphatic heterocycles. The molecule has 1 amide bonds. The summed E-state index contributed by atoms with van der Waals surface area (Å²) in [7, 11) is 0. The molecule has 28 heavy (non-hydrogen) atoms. The molecule has 8 heteroatoms. The lowest BCUT2D eigenvalue weighted by Crippen LogP contribution is -2.18. The number of aromatic amines is 1. The van der Waals surface area contributed by atoms with E-state index in [9.17, 15) is 9.59 Å². The minimum atomic E-state index is -0.271. The molecule has 0 saturated carbocycles. The van der Waals surface area contributed by atoms with Crippen molar-refractivity contribution in [3.63, 3.8) is 0 Å². The Morgan fingerprint density at radius 3 is 2.89 bits per heavy atom. The molecule has 0 fully saturated rings. The van der Waals surface area contributed by atoms with Crippen LogP contribution in [-0.2, 0) is 11.2 Å². The molecule has 0 spiro atoms. The van der Waals surface area contributed by atoms with Gasteiger partial charge in [-0.3, -0.25) is 9.59 Å². The van der Waals surface area contributed by atoms with E-state index in [0.29, 0.717) is 34.2 Å². The summed E-state index contributed by atoms with van der Waals surface area (Å²) >= 11 is 1.39. The Kier molecular flexibility index (Phi) is 5.03. The van der Waals surface area contributed by atoms with Gasteiger partial charge in [0, 0.05) is 12.8 Å². The Morgan fingerprint density at radius 1 is 1.18 bits per heavy atom. The van der Waals surface area contributed by atoms with Crippen LogP contribution in [0.3, 0.4) is 0 Å². The first kappa shape index (κ1) is 18.1. The zero-order chi connectivity index (χ0) is 19.5. The Balaban J connectivity index is 1.46. The molecule has 2 aromatic heterocycles. The highest BCUT2D eigenvalue weighted by atomic mass is 32.1. The highest BCUT2D eigenvalue weighted by Crippen LogP contribution is 2.32. The molecule has 4 aromatic rings. The summed E-state index contributed by atoms with van der Waals surface area (Å²) in [4.78, 5) is 36.1. The first-order chi connectivity index (χ1) is 13.6. The van der Waals surface area contributed by atoms with Gasteiger partial charge >= 0.3 is 0 Å². The van der Waals surface area contributed by atoms with Crippen LogP contribution in [0.1, 0.15) is 19.0 Å². The zero-order valence-corrected chi connectivity index (χ0v) is 16.0. The lowest BCUT2D eigenvalue weighted by Gasteiger charge is -2.03. The van der Waals surface area contributed by atoms with Gasteiger partial charge in [0.05, 0.1) is 22.3 Å². The van der Waals surface area contributed by atoms with Crippen LogP contribution in [0, 0.1) is 0 Å². The van der Waals surface area contributed by atoms with E-state index in [-0.39, 0.29) is 24.3 Å². The molecule has 0 saturated heterocycles. The number of H-pyrrole nitrogens is 1. The fourth-order valence-electron chi connectivity index (χ4n) is 2.90. The number of carbonyl (C=O) groups excluding carboxylic acids is 1. The van der Waals surface area contributed by atoms with E-state index in [4.69, 9.17) is 4.74 Å². The largest absolute Gasteiger partial charge is 0.492 e. The Labute approximate surface area is 164 Å². The van der Waals surface area contributed by atoms with Crippen LogP contribution in [-0.4, -0.2) is 27.5 Å². The first-order valence-electron chi connectivity index (χ1n) is 8.94. The van der Waals surface area contributed by atoms with Gasteiger partial charge in [-0.05, 0) is 31.2 Å². The molecule has 2 heterocycles. The molecule has 0 bridgehead atoms. The number of rotatable bonds is 6. The number of benzene rings is 2. The fourth-order valence-corrected chi connectivity index (χ4v) is 3.80. The van der Waals surface area contributed by atoms with Crippen molar-refractivity contribution in [2.24, 2.45) is 0 Å². The molecule has 0 atom stereocenters. The number of thiazole rings is 1. The predicted octanol–water partition coefficient (Wildman–Crippen LogP) is 3.50. The molecular weight excluding hydrogens is 376 g/mol. The maximum absolute atomic E-state index is 12.3. The van der Waals surface area contributed by atoms with E-state index in [1.165, 1.54) is 11.3 Å². The number of ether oxygens (including phenoxy) is 1. The summed E-state index contributed by atoms with van der Waals surface area (Å²) < 4.78 is 6.51. The number of fused-ring (bicyclic) bond motifs is 2. The molecule has 0 aliphatic carbocycles. The van der Waals surface area contributed by atoms with Crippen LogP contribution in [0.4, 0.5) is 5.13 Å². The number of nitrogens with zero attached hydrogens (tertiary/aromatic N) is 2. The molecule has 0 radical (unpaired) electrons. The second-order valence-corrected chi connectivity index (χ2v) is 7.16. The lowest BCUT2D eigenvalue weighted by atomic mass is 10.2. The van der Waals surface area contributed by atoms with Crippen molar-refractivity contribution in [3.05, 3.63) is 58.5 Å². The summed E-state index contributed by atoms with van der Waals surface area (Å²) in [6, 6.07) is 13.0. The van der Waals surface area contributed by atoms with Gasteiger partial charge in [-0.1, -0.05) is 29.5 Å². The van der Waals surface area contributed by atoms with Gasteiger partial charge in [0.15, 0.2) is 5.13 Å². The molecule has 2 aromatic carbocycles. The van der Waals surface area contributed by atoms with Crippen LogP contribution in [0.25, 0.3) is 21.3 Å². The minimum Gasteiger partial charge on any atom is -0.492 e. The van der Waals surface area contributed by atoms with E-state index in [1.807, 2.05) is 43.3 Å². The Hall–Kier alpha value is -3.26. The number of hydrogen-bond donors (Lipinski definition) is 2. The van der Waals surface area contributed by atoms with Crippen LogP contribution in [0.5, 0.6) is 5.75 Å². The van der Waals surface area contributed by atoms with E-state index >= 15 is 0 Å². The summed E-state index contributed by atoms with van der Waals surface area (Å²) in [5, 5.41) is 3.31. The summed E-state index contributed by atoms with van der Waals surface area (Å²) in [5.74, 6) is 0.482. The van der Waals surface area contributed by atoms with Gasteiger partial charge in [-0.15, -0.1) is 0 Å². The second kappa shape index (κ2) is 7.77. The number of aromatic nitrogens is 3. The molecule has 2 N–H and O–H groups in total. The average molecular weight is 394 g/mol. The van der Waals surface area contributed by atoms with Crippen LogP contribution in [0.2, 0.25) is 0 Å². The zero-order valence-electron chi connectivity index (χ0n) is 15.2. The van der Waals surface area contributed by atoms with E-state index in [0.717, 1.165) is 10.2 Å². The maximum atomic E-state index is 12.3.